The molecule has 0 spiro atoms. The second-order valence-corrected chi connectivity index (χ2v) is 8.09. The highest BCUT2D eigenvalue weighted by molar-refractivity contribution is 6.07. The Bertz CT molecular complexity index is 1400. The molecule has 10 heteroatoms. The van der Waals surface area contributed by atoms with Gasteiger partial charge in [0.1, 0.15) is 16.9 Å². The zero-order valence-electron chi connectivity index (χ0n) is 17.6. The molecule has 5 rings (SSSR count). The number of carbonyl (C=O) groups excluding carboxylic acids is 2. The minimum Gasteiger partial charge on any atom is -0.369 e. The molecule has 4 aromatic rings. The number of hydrogen-bond donors (Lipinski definition) is 2. The largest absolute Gasteiger partial charge is 0.369 e. The van der Waals surface area contributed by atoms with E-state index in [1.807, 2.05) is 0 Å². The molecule has 0 unspecified atom stereocenters. The molecule has 0 aliphatic heterocycles. The summed E-state index contributed by atoms with van der Waals surface area (Å²) in [4.78, 5) is 27.9. The van der Waals surface area contributed by atoms with Crippen molar-refractivity contribution in [2.45, 2.75) is 26.3 Å². The van der Waals surface area contributed by atoms with Crippen molar-refractivity contribution in [3.05, 3.63) is 65.6 Å². The molecule has 1 fully saturated rings. The van der Waals surface area contributed by atoms with Crippen LogP contribution in [0.5, 0.6) is 0 Å². The maximum absolute atomic E-state index is 15.3. The Kier molecular flexibility index (Phi) is 4.73. The van der Waals surface area contributed by atoms with Crippen molar-refractivity contribution >= 4 is 22.7 Å². The zero-order valence-corrected chi connectivity index (χ0v) is 17.6. The van der Waals surface area contributed by atoms with Gasteiger partial charge in [0.25, 0.3) is 0 Å². The third-order valence-electron chi connectivity index (χ3n) is 5.91. The minimum atomic E-state index is -1.09. The summed E-state index contributed by atoms with van der Waals surface area (Å²) in [6.45, 7) is 1.80. The number of aromatic nitrogens is 3. The van der Waals surface area contributed by atoms with Crippen LogP contribution in [-0.4, -0.2) is 26.5 Å². The Balaban J connectivity index is 1.49. The van der Waals surface area contributed by atoms with Gasteiger partial charge < -0.3 is 20.1 Å². The van der Waals surface area contributed by atoms with E-state index in [4.69, 9.17) is 10.3 Å². The first-order valence-electron chi connectivity index (χ1n) is 10.3. The van der Waals surface area contributed by atoms with Crippen LogP contribution in [0.2, 0.25) is 0 Å². The summed E-state index contributed by atoms with van der Waals surface area (Å²) in [5, 5.41) is 6.66. The van der Waals surface area contributed by atoms with Crippen molar-refractivity contribution in [2.24, 2.45) is 11.1 Å². The molecule has 1 saturated carbocycles. The predicted octanol–water partition coefficient (Wildman–Crippen LogP) is 3.15. The topological polar surface area (TPSA) is 116 Å². The molecule has 168 valence electrons. The van der Waals surface area contributed by atoms with Crippen molar-refractivity contribution in [3.8, 4) is 17.2 Å². The average Bonchev–Trinajstić information content (AvgIpc) is 3.44. The fourth-order valence-electron chi connectivity index (χ4n) is 3.91. The van der Waals surface area contributed by atoms with Crippen LogP contribution in [0.15, 0.2) is 47.0 Å². The lowest BCUT2D eigenvalue weighted by atomic mass is 10.1. The number of nitrogens with two attached hydrogens (primary N) is 1. The Hall–Kier alpha value is -4.08. The molecule has 0 saturated heterocycles. The van der Waals surface area contributed by atoms with Crippen molar-refractivity contribution in [1.82, 2.24) is 20.0 Å². The van der Waals surface area contributed by atoms with Gasteiger partial charge in [-0.25, -0.2) is 8.78 Å². The number of carbonyl (C=O) groups is 2. The Morgan fingerprint density at radius 2 is 1.91 bits per heavy atom. The monoisotopic (exact) mass is 451 g/mol. The Morgan fingerprint density at radius 3 is 2.52 bits per heavy atom. The van der Waals surface area contributed by atoms with Crippen LogP contribution in [0.3, 0.4) is 0 Å². The number of nitrogens with one attached hydrogen (secondary N) is 1. The number of nitrogens with zero attached hydrogens (tertiary/aromatic N) is 3. The highest BCUT2D eigenvalue weighted by atomic mass is 19.1. The number of primary amides is 1. The number of fused-ring (bicyclic) bond motifs is 1. The van der Waals surface area contributed by atoms with E-state index in [1.54, 1.807) is 35.8 Å². The summed E-state index contributed by atoms with van der Waals surface area (Å²) < 4.78 is 35.8. The molecule has 0 radical (unpaired) electrons. The molecular formula is C23H19F2N5O3. The average molecular weight is 451 g/mol. The van der Waals surface area contributed by atoms with Gasteiger partial charge in [0.15, 0.2) is 5.82 Å². The molecule has 0 atom stereocenters. The number of amides is 2. The van der Waals surface area contributed by atoms with Gasteiger partial charge in [-0.15, -0.1) is 0 Å². The lowest BCUT2D eigenvalue weighted by Gasteiger charge is -2.13. The fraction of sp³-hybridized carbons (Fsp3) is 0.217. The van der Waals surface area contributed by atoms with Crippen LogP contribution >= 0.6 is 0 Å². The third-order valence-corrected chi connectivity index (χ3v) is 5.91. The summed E-state index contributed by atoms with van der Waals surface area (Å²) in [5.74, 6) is -1.92. The van der Waals surface area contributed by atoms with Crippen molar-refractivity contribution in [3.63, 3.8) is 0 Å². The number of aryl methyl sites for hydroxylation is 1. The van der Waals surface area contributed by atoms with E-state index in [1.165, 1.54) is 12.1 Å². The molecule has 2 amide bonds. The van der Waals surface area contributed by atoms with Crippen molar-refractivity contribution in [2.75, 3.05) is 0 Å². The summed E-state index contributed by atoms with van der Waals surface area (Å²) >= 11 is 0. The molecule has 1 aliphatic carbocycles. The molecule has 2 aromatic carbocycles. The summed E-state index contributed by atoms with van der Waals surface area (Å²) in [6.07, 6.45) is 0.913. The van der Waals surface area contributed by atoms with E-state index in [0.717, 1.165) is 11.6 Å². The van der Waals surface area contributed by atoms with Crippen molar-refractivity contribution in [1.29, 1.82) is 0 Å². The SMILES string of the molecule is Cc1nc(-c2c(F)c3cc(F)ccc3n2-c2ccc(CNC(=O)C3(C(N)=O)CC3)cc2)no1. The number of halogens is 2. The number of rotatable bonds is 6. The van der Waals surface area contributed by atoms with E-state index in [0.29, 0.717) is 24.0 Å². The standard InChI is InChI=1S/C23H19F2N5O3/c1-12-28-20(29-33-12)19-18(25)16-10-14(24)4-7-17(16)30(19)15-5-2-13(3-6-15)11-27-22(32)23(8-9-23)21(26)31/h2-7,10H,8-9,11H2,1H3,(H2,26,31)(H,27,32). The lowest BCUT2D eigenvalue weighted by molar-refractivity contribution is -0.135. The second-order valence-electron chi connectivity index (χ2n) is 8.09. The maximum atomic E-state index is 15.3. The zero-order chi connectivity index (χ0) is 23.3. The highest BCUT2D eigenvalue weighted by Crippen LogP contribution is 2.45. The summed E-state index contributed by atoms with van der Waals surface area (Å²) in [6, 6.07) is 10.9. The van der Waals surface area contributed by atoms with Gasteiger partial charge in [0, 0.05) is 24.5 Å². The lowest BCUT2D eigenvalue weighted by Crippen LogP contribution is -2.40. The van der Waals surface area contributed by atoms with Crippen LogP contribution in [0, 0.1) is 24.0 Å². The van der Waals surface area contributed by atoms with E-state index in [2.05, 4.69) is 15.5 Å². The second kappa shape index (κ2) is 7.51. The van der Waals surface area contributed by atoms with Crippen LogP contribution in [0.4, 0.5) is 8.78 Å². The van der Waals surface area contributed by atoms with E-state index >= 15 is 4.39 Å². The number of hydrogen-bond acceptors (Lipinski definition) is 5. The van der Waals surface area contributed by atoms with Gasteiger partial charge in [-0.05, 0) is 48.7 Å². The van der Waals surface area contributed by atoms with Gasteiger partial charge >= 0.3 is 0 Å². The van der Waals surface area contributed by atoms with Gasteiger partial charge in [0.05, 0.1) is 5.52 Å². The number of benzene rings is 2. The molecule has 2 aromatic heterocycles. The molecule has 0 bridgehead atoms. The first-order valence-corrected chi connectivity index (χ1v) is 10.3. The van der Waals surface area contributed by atoms with Gasteiger partial charge in [-0.2, -0.15) is 4.98 Å². The summed E-state index contributed by atoms with van der Waals surface area (Å²) in [7, 11) is 0. The van der Waals surface area contributed by atoms with Gasteiger partial charge in [-0.3, -0.25) is 9.59 Å². The molecule has 33 heavy (non-hydrogen) atoms. The smallest absolute Gasteiger partial charge is 0.235 e. The minimum absolute atomic E-state index is 0.0409. The first kappa shape index (κ1) is 20.8. The normalized spacial score (nSPS) is 14.4. The quantitative estimate of drug-likeness (QED) is 0.437. The van der Waals surface area contributed by atoms with Crippen LogP contribution in [0.1, 0.15) is 24.3 Å². The van der Waals surface area contributed by atoms with Crippen LogP contribution in [0.25, 0.3) is 28.1 Å². The van der Waals surface area contributed by atoms with Crippen LogP contribution in [-0.2, 0) is 16.1 Å². The summed E-state index contributed by atoms with van der Waals surface area (Å²) in [5.41, 5.74) is 6.08. The Morgan fingerprint density at radius 1 is 1.18 bits per heavy atom. The van der Waals surface area contributed by atoms with Gasteiger partial charge in [-0.1, -0.05) is 17.3 Å². The molecule has 1 aliphatic rings. The van der Waals surface area contributed by atoms with Crippen molar-refractivity contribution < 1.29 is 22.9 Å². The highest BCUT2D eigenvalue weighted by Gasteiger charge is 2.55. The first-order chi connectivity index (χ1) is 15.8. The van der Waals surface area contributed by atoms with Gasteiger partial charge in [0.2, 0.25) is 23.5 Å². The molecular weight excluding hydrogens is 432 g/mol. The molecule has 2 heterocycles. The molecule has 8 nitrogen and oxygen atoms in total. The van der Waals surface area contributed by atoms with Crippen LogP contribution < -0.4 is 11.1 Å². The third kappa shape index (κ3) is 3.43. The van der Waals surface area contributed by atoms with E-state index in [-0.39, 0.29) is 35.2 Å². The fourth-order valence-corrected chi connectivity index (χ4v) is 3.91. The Labute approximate surface area is 186 Å². The maximum Gasteiger partial charge on any atom is 0.235 e. The molecule has 3 N–H and O–H groups in total. The van der Waals surface area contributed by atoms with E-state index in [9.17, 15) is 14.0 Å². The predicted molar refractivity (Wildman–Crippen MR) is 114 cm³/mol. The van der Waals surface area contributed by atoms with E-state index < -0.39 is 23.0 Å².